The first kappa shape index (κ1) is 33.8. The molecule has 8 nitrogen and oxygen atoms in total. The first-order valence-electron chi connectivity index (χ1n) is 15.3. The van der Waals surface area contributed by atoms with Crippen molar-refractivity contribution in [3.05, 3.63) is 35.4 Å². The van der Waals surface area contributed by atoms with Crippen molar-refractivity contribution in [3.63, 3.8) is 0 Å². The molecule has 1 saturated heterocycles. The van der Waals surface area contributed by atoms with Gasteiger partial charge in [0.05, 0.1) is 11.5 Å². The van der Waals surface area contributed by atoms with Crippen LogP contribution in [0.4, 0.5) is 0 Å². The van der Waals surface area contributed by atoms with Gasteiger partial charge in [0, 0.05) is 19.6 Å². The minimum atomic E-state index is -1.15. The Morgan fingerprint density at radius 3 is 2.10 bits per heavy atom. The Morgan fingerprint density at radius 2 is 1.60 bits per heavy atom. The van der Waals surface area contributed by atoms with E-state index in [4.69, 9.17) is 4.74 Å². The minimum Gasteiger partial charge on any atom is -0.348 e. The van der Waals surface area contributed by atoms with Crippen molar-refractivity contribution in [1.29, 1.82) is 0 Å². The molecular weight excluding hydrogens is 504 g/mol. The van der Waals surface area contributed by atoms with E-state index in [9.17, 15) is 14.4 Å². The molecular formula is C32H54N4O4. The standard InChI is InChI=1S/C32H54N4O4/c1-10-16-26(25-19-17-24(7)18-20-25)33-27(37)23-36-29(39)32(11-2,12-3)30(36)40-31(8,9)28(38)35(15-6)22-21-34(13-4)14-5/h17-20,26,30H,10-16,21-23H2,1-9H3,(H,33,37)/t26-,30+/m1/s1. The maximum atomic E-state index is 13.7. The van der Waals surface area contributed by atoms with Crippen LogP contribution in [0.25, 0.3) is 0 Å². The lowest BCUT2D eigenvalue weighted by Gasteiger charge is -2.56. The summed E-state index contributed by atoms with van der Waals surface area (Å²) in [5.74, 6) is -0.410. The van der Waals surface area contributed by atoms with Gasteiger partial charge in [0.1, 0.15) is 18.4 Å². The second kappa shape index (κ2) is 15.0. The molecule has 2 atom stereocenters. The molecule has 0 saturated carbocycles. The van der Waals surface area contributed by atoms with E-state index < -0.39 is 17.2 Å². The number of hydrogen-bond acceptors (Lipinski definition) is 5. The number of amides is 3. The molecule has 1 aromatic carbocycles. The Bertz CT molecular complexity index is 970. The van der Waals surface area contributed by atoms with E-state index in [2.05, 4.69) is 31.0 Å². The Morgan fingerprint density at radius 1 is 1.00 bits per heavy atom. The van der Waals surface area contributed by atoms with E-state index in [0.717, 1.165) is 38.0 Å². The average molecular weight is 559 g/mol. The van der Waals surface area contributed by atoms with Gasteiger partial charge in [-0.15, -0.1) is 0 Å². The lowest BCUT2D eigenvalue weighted by molar-refractivity contribution is -0.249. The zero-order chi connectivity index (χ0) is 30.1. The van der Waals surface area contributed by atoms with Crippen molar-refractivity contribution in [2.24, 2.45) is 5.41 Å². The van der Waals surface area contributed by atoms with Crippen LogP contribution in [0.1, 0.15) is 98.2 Å². The molecule has 1 aliphatic heterocycles. The first-order chi connectivity index (χ1) is 18.9. The summed E-state index contributed by atoms with van der Waals surface area (Å²) in [4.78, 5) is 46.0. The number of nitrogens with zero attached hydrogens (tertiary/aromatic N) is 3. The van der Waals surface area contributed by atoms with Gasteiger partial charge in [0.25, 0.3) is 5.91 Å². The summed E-state index contributed by atoms with van der Waals surface area (Å²) in [5, 5.41) is 3.14. The summed E-state index contributed by atoms with van der Waals surface area (Å²) >= 11 is 0. The molecule has 1 heterocycles. The summed E-state index contributed by atoms with van der Waals surface area (Å²) in [7, 11) is 0. The topological polar surface area (TPSA) is 82.2 Å². The largest absolute Gasteiger partial charge is 0.348 e. The van der Waals surface area contributed by atoms with Gasteiger partial charge in [-0.1, -0.05) is 70.9 Å². The summed E-state index contributed by atoms with van der Waals surface area (Å²) < 4.78 is 6.53. The number of hydrogen-bond donors (Lipinski definition) is 1. The molecule has 226 valence electrons. The Kier molecular flexibility index (Phi) is 12.6. The third-order valence-corrected chi connectivity index (χ3v) is 8.58. The molecule has 1 fully saturated rings. The highest BCUT2D eigenvalue weighted by atomic mass is 16.5. The van der Waals surface area contributed by atoms with Crippen LogP contribution in [0.3, 0.4) is 0 Å². The molecule has 0 aliphatic carbocycles. The van der Waals surface area contributed by atoms with Gasteiger partial charge in [-0.3, -0.25) is 14.4 Å². The van der Waals surface area contributed by atoms with E-state index in [1.165, 1.54) is 10.5 Å². The number of β-lactam (4-membered cyclic amide) rings is 1. The Labute approximate surface area is 242 Å². The van der Waals surface area contributed by atoms with Crippen LogP contribution in [0.2, 0.25) is 0 Å². The van der Waals surface area contributed by atoms with Gasteiger partial charge in [0.15, 0.2) is 0 Å². The van der Waals surface area contributed by atoms with Crippen LogP contribution in [0.5, 0.6) is 0 Å². The third kappa shape index (κ3) is 7.64. The van der Waals surface area contributed by atoms with Crippen molar-refractivity contribution in [2.45, 2.75) is 106 Å². The zero-order valence-corrected chi connectivity index (χ0v) is 26.5. The molecule has 40 heavy (non-hydrogen) atoms. The molecule has 0 spiro atoms. The fourth-order valence-corrected chi connectivity index (χ4v) is 5.68. The zero-order valence-electron chi connectivity index (χ0n) is 26.5. The highest BCUT2D eigenvalue weighted by molar-refractivity contribution is 5.94. The highest BCUT2D eigenvalue weighted by Gasteiger charge is 2.61. The predicted octanol–water partition coefficient (Wildman–Crippen LogP) is 4.91. The van der Waals surface area contributed by atoms with E-state index in [1.54, 1.807) is 13.8 Å². The van der Waals surface area contributed by atoms with Gasteiger partial charge >= 0.3 is 0 Å². The molecule has 1 aromatic rings. The fraction of sp³-hybridized carbons (Fsp3) is 0.719. The van der Waals surface area contributed by atoms with Gasteiger partial charge in [-0.2, -0.15) is 0 Å². The molecule has 0 unspecified atom stereocenters. The number of likely N-dealkylation sites (tertiary alicyclic amines) is 1. The lowest BCUT2D eigenvalue weighted by atomic mass is 9.71. The van der Waals surface area contributed by atoms with Gasteiger partial charge < -0.3 is 24.8 Å². The normalized spacial score (nSPS) is 17.5. The smallest absolute Gasteiger partial charge is 0.254 e. The molecule has 0 bridgehead atoms. The molecule has 0 aromatic heterocycles. The average Bonchev–Trinajstić information content (AvgIpc) is 2.94. The highest BCUT2D eigenvalue weighted by Crippen LogP contribution is 2.47. The summed E-state index contributed by atoms with van der Waals surface area (Å²) in [6.07, 6.45) is 2.23. The van der Waals surface area contributed by atoms with Crippen molar-refractivity contribution >= 4 is 17.7 Å². The van der Waals surface area contributed by atoms with E-state index in [1.807, 2.05) is 56.9 Å². The van der Waals surface area contributed by atoms with Crippen LogP contribution in [0.15, 0.2) is 24.3 Å². The van der Waals surface area contributed by atoms with E-state index in [0.29, 0.717) is 25.9 Å². The SMILES string of the molecule is CCC[C@@H](NC(=O)CN1C(=O)C(CC)(CC)[C@@H]1OC(C)(C)C(=O)N(CC)CCN(CC)CC)c1ccc(C)cc1. The van der Waals surface area contributed by atoms with Crippen LogP contribution in [-0.2, 0) is 19.1 Å². The Balaban J connectivity index is 2.20. The summed E-state index contributed by atoms with van der Waals surface area (Å²) in [5.41, 5.74) is 0.326. The molecule has 2 rings (SSSR count). The number of ether oxygens (including phenoxy) is 1. The van der Waals surface area contributed by atoms with Crippen LogP contribution in [-0.4, -0.2) is 83.5 Å². The van der Waals surface area contributed by atoms with Crippen LogP contribution < -0.4 is 5.32 Å². The minimum absolute atomic E-state index is 0.0860. The maximum absolute atomic E-state index is 13.7. The summed E-state index contributed by atoms with van der Waals surface area (Å²) in [6.45, 7) is 21.6. The van der Waals surface area contributed by atoms with Crippen molar-refractivity contribution in [1.82, 2.24) is 20.0 Å². The number of likely N-dealkylation sites (N-methyl/N-ethyl adjacent to an activating group) is 2. The van der Waals surface area contributed by atoms with E-state index in [-0.39, 0.29) is 30.3 Å². The van der Waals surface area contributed by atoms with Crippen molar-refractivity contribution in [3.8, 4) is 0 Å². The van der Waals surface area contributed by atoms with E-state index >= 15 is 0 Å². The monoisotopic (exact) mass is 558 g/mol. The number of nitrogens with one attached hydrogen (secondary N) is 1. The number of rotatable bonds is 17. The third-order valence-electron chi connectivity index (χ3n) is 8.58. The summed E-state index contributed by atoms with van der Waals surface area (Å²) in [6, 6.07) is 8.06. The first-order valence-corrected chi connectivity index (χ1v) is 15.3. The quantitative estimate of drug-likeness (QED) is 0.275. The second-order valence-electron chi connectivity index (χ2n) is 11.5. The van der Waals surface area contributed by atoms with Gasteiger partial charge in [-0.25, -0.2) is 0 Å². The van der Waals surface area contributed by atoms with Gasteiger partial charge in [-0.05, 0) is 65.6 Å². The van der Waals surface area contributed by atoms with Crippen molar-refractivity contribution < 1.29 is 19.1 Å². The maximum Gasteiger partial charge on any atom is 0.254 e. The molecule has 1 N–H and O–H groups in total. The molecule has 0 radical (unpaired) electrons. The second-order valence-corrected chi connectivity index (χ2v) is 11.5. The van der Waals surface area contributed by atoms with Gasteiger partial charge in [0.2, 0.25) is 11.8 Å². The number of carbonyl (C=O) groups is 3. The predicted molar refractivity (Wildman–Crippen MR) is 161 cm³/mol. The number of carbonyl (C=O) groups excluding carboxylic acids is 3. The lowest BCUT2D eigenvalue weighted by Crippen LogP contribution is -2.72. The van der Waals surface area contributed by atoms with Crippen LogP contribution >= 0.6 is 0 Å². The number of benzene rings is 1. The molecule has 3 amide bonds. The molecule has 8 heteroatoms. The number of aryl methyl sites for hydroxylation is 1. The van der Waals surface area contributed by atoms with Crippen molar-refractivity contribution in [2.75, 3.05) is 39.3 Å². The van der Waals surface area contributed by atoms with Crippen LogP contribution in [0, 0.1) is 12.3 Å². The molecule has 1 aliphatic rings. The Hall–Kier alpha value is -2.45. The fourth-order valence-electron chi connectivity index (χ4n) is 5.68.